The van der Waals surface area contributed by atoms with Gasteiger partial charge in [0.1, 0.15) is 12.4 Å². The Balaban J connectivity index is 1.78. The first kappa shape index (κ1) is 22.3. The quantitative estimate of drug-likeness (QED) is 0.379. The van der Waals surface area contributed by atoms with Crippen molar-refractivity contribution >= 4 is 21.8 Å². The van der Waals surface area contributed by atoms with Crippen LogP contribution in [0, 0.1) is 13.8 Å². The zero-order chi connectivity index (χ0) is 21.6. The largest absolute Gasteiger partial charge is 0.485 e. The third-order valence-electron chi connectivity index (χ3n) is 4.57. The molecule has 0 aliphatic rings. The van der Waals surface area contributed by atoms with Gasteiger partial charge in [-0.25, -0.2) is 13.1 Å². The number of rotatable bonds is 10. The third kappa shape index (κ3) is 5.62. The lowest BCUT2D eigenvalue weighted by Gasteiger charge is -2.13. The lowest BCUT2D eigenvalue weighted by atomic mass is 10.1. The summed E-state index contributed by atoms with van der Waals surface area (Å²) in [6.07, 6.45) is 0.518. The van der Waals surface area contributed by atoms with Crippen LogP contribution in [-0.4, -0.2) is 41.7 Å². The zero-order valence-corrected chi connectivity index (χ0v) is 19.0. The number of ether oxygens (including phenoxy) is 1. The Morgan fingerprint density at radius 2 is 1.73 bits per heavy atom. The summed E-state index contributed by atoms with van der Waals surface area (Å²) >= 11 is 1.48. The van der Waals surface area contributed by atoms with E-state index >= 15 is 0 Å². The van der Waals surface area contributed by atoms with E-state index in [0.29, 0.717) is 23.2 Å². The number of aryl methyl sites for hydroxylation is 2. The van der Waals surface area contributed by atoms with Crippen molar-refractivity contribution < 1.29 is 13.2 Å². The fourth-order valence-corrected chi connectivity index (χ4v) is 4.82. The lowest BCUT2D eigenvalue weighted by Crippen LogP contribution is -2.22. The molecular formula is C21H26N4O3S2. The minimum Gasteiger partial charge on any atom is -0.485 e. The molecule has 3 aromatic rings. The molecule has 9 heteroatoms. The van der Waals surface area contributed by atoms with Crippen molar-refractivity contribution in [3.63, 3.8) is 0 Å². The first-order chi connectivity index (χ1) is 14.4. The minimum atomic E-state index is -3.20. The van der Waals surface area contributed by atoms with Gasteiger partial charge in [0.25, 0.3) is 0 Å². The first-order valence-electron chi connectivity index (χ1n) is 9.64. The highest BCUT2D eigenvalue weighted by atomic mass is 32.2. The van der Waals surface area contributed by atoms with E-state index in [9.17, 15) is 8.42 Å². The van der Waals surface area contributed by atoms with E-state index in [0.717, 1.165) is 22.6 Å². The van der Waals surface area contributed by atoms with Gasteiger partial charge in [-0.05, 0) is 50.6 Å². The number of sulfonamides is 1. The van der Waals surface area contributed by atoms with Crippen molar-refractivity contribution in [2.45, 2.75) is 32.0 Å². The van der Waals surface area contributed by atoms with E-state index in [-0.39, 0.29) is 12.4 Å². The average Bonchev–Trinajstić information content (AvgIpc) is 3.14. The smallest absolute Gasteiger partial charge is 0.211 e. The predicted octanol–water partition coefficient (Wildman–Crippen LogP) is 3.49. The Morgan fingerprint density at radius 3 is 2.40 bits per heavy atom. The van der Waals surface area contributed by atoms with Gasteiger partial charge in [-0.15, -0.1) is 10.2 Å². The van der Waals surface area contributed by atoms with Crippen molar-refractivity contribution in [1.82, 2.24) is 19.5 Å². The Bertz CT molecular complexity index is 1060. The molecule has 7 nitrogen and oxygen atoms in total. The van der Waals surface area contributed by atoms with Crippen LogP contribution in [0.3, 0.4) is 0 Å². The molecule has 160 valence electrons. The van der Waals surface area contributed by atoms with Crippen LogP contribution in [0.15, 0.2) is 53.7 Å². The van der Waals surface area contributed by atoms with Crippen molar-refractivity contribution in [2.24, 2.45) is 0 Å². The normalized spacial score (nSPS) is 11.6. The second kappa shape index (κ2) is 10.1. The SMILES string of the molecule is CNS(=O)(=O)CCCSc1nnc(COc2c(C)cccc2C)n1-c1ccccc1. The molecule has 0 fully saturated rings. The van der Waals surface area contributed by atoms with Gasteiger partial charge in [0.15, 0.2) is 11.0 Å². The topological polar surface area (TPSA) is 86.1 Å². The maximum Gasteiger partial charge on any atom is 0.211 e. The highest BCUT2D eigenvalue weighted by molar-refractivity contribution is 7.99. The number of para-hydroxylation sites is 2. The van der Waals surface area contributed by atoms with E-state index in [2.05, 4.69) is 14.9 Å². The number of nitrogens with one attached hydrogen (secondary N) is 1. The maximum absolute atomic E-state index is 11.6. The summed E-state index contributed by atoms with van der Waals surface area (Å²) in [5, 5.41) is 9.39. The van der Waals surface area contributed by atoms with E-state index in [1.807, 2.05) is 66.9 Å². The van der Waals surface area contributed by atoms with Crippen molar-refractivity contribution in [3.8, 4) is 11.4 Å². The predicted molar refractivity (Wildman–Crippen MR) is 120 cm³/mol. The van der Waals surface area contributed by atoms with E-state index in [4.69, 9.17) is 4.74 Å². The number of aromatic nitrogens is 3. The molecule has 0 aliphatic heterocycles. The summed E-state index contributed by atoms with van der Waals surface area (Å²) < 4.78 is 33.6. The third-order valence-corrected chi connectivity index (χ3v) is 7.03. The van der Waals surface area contributed by atoms with Gasteiger partial charge in [-0.3, -0.25) is 4.57 Å². The van der Waals surface area contributed by atoms with Crippen LogP contribution in [0.1, 0.15) is 23.4 Å². The number of hydrogen-bond donors (Lipinski definition) is 1. The number of hydrogen-bond acceptors (Lipinski definition) is 6. The molecular weight excluding hydrogens is 420 g/mol. The minimum absolute atomic E-state index is 0.0818. The average molecular weight is 447 g/mol. The molecule has 0 atom stereocenters. The second-order valence-corrected chi connectivity index (χ2v) is 9.91. The van der Waals surface area contributed by atoms with Crippen molar-refractivity contribution in [3.05, 3.63) is 65.5 Å². The summed E-state index contributed by atoms with van der Waals surface area (Å²) in [6, 6.07) is 15.9. The summed E-state index contributed by atoms with van der Waals surface area (Å²) in [7, 11) is -1.78. The Hall–Kier alpha value is -2.36. The van der Waals surface area contributed by atoms with Crippen LogP contribution in [0.2, 0.25) is 0 Å². The number of nitrogens with zero attached hydrogens (tertiary/aromatic N) is 3. The molecule has 0 saturated carbocycles. The van der Waals surface area contributed by atoms with E-state index < -0.39 is 10.0 Å². The van der Waals surface area contributed by atoms with E-state index in [1.54, 1.807) is 0 Å². The molecule has 1 aromatic heterocycles. The molecule has 0 unspecified atom stereocenters. The molecule has 0 spiro atoms. The highest BCUT2D eigenvalue weighted by Crippen LogP contribution is 2.26. The van der Waals surface area contributed by atoms with Gasteiger partial charge in [0, 0.05) is 11.4 Å². The van der Waals surface area contributed by atoms with E-state index in [1.165, 1.54) is 18.8 Å². The Kier molecular flexibility index (Phi) is 7.52. The fraction of sp³-hybridized carbons (Fsp3) is 0.333. The molecule has 0 aliphatic carbocycles. The fourth-order valence-electron chi connectivity index (χ4n) is 3.00. The van der Waals surface area contributed by atoms with Crippen LogP contribution in [-0.2, 0) is 16.6 Å². The van der Waals surface area contributed by atoms with Gasteiger partial charge in [-0.1, -0.05) is 48.2 Å². The Labute approximate surface area is 181 Å². The highest BCUT2D eigenvalue weighted by Gasteiger charge is 2.16. The van der Waals surface area contributed by atoms with Crippen molar-refractivity contribution in [1.29, 1.82) is 0 Å². The van der Waals surface area contributed by atoms with Crippen LogP contribution in [0.25, 0.3) is 5.69 Å². The molecule has 0 saturated heterocycles. The standard InChI is InChI=1S/C21H26N4O3S2/c1-16-9-7-10-17(2)20(16)28-15-19-23-24-21(25(19)18-11-5-4-6-12-18)29-13-8-14-30(26,27)22-3/h4-7,9-12,22H,8,13-15H2,1-3H3. The Morgan fingerprint density at radius 1 is 1.03 bits per heavy atom. The lowest BCUT2D eigenvalue weighted by molar-refractivity contribution is 0.289. The van der Waals surface area contributed by atoms with Crippen LogP contribution in [0.5, 0.6) is 5.75 Å². The summed E-state index contributed by atoms with van der Waals surface area (Å²) in [4.78, 5) is 0. The molecule has 0 bridgehead atoms. The van der Waals surface area contributed by atoms with Crippen molar-refractivity contribution in [2.75, 3.05) is 18.6 Å². The second-order valence-electron chi connectivity index (χ2n) is 6.80. The molecule has 2 aromatic carbocycles. The monoisotopic (exact) mass is 446 g/mol. The molecule has 0 amide bonds. The zero-order valence-electron chi connectivity index (χ0n) is 17.3. The number of thioether (sulfide) groups is 1. The molecule has 0 radical (unpaired) electrons. The van der Waals surface area contributed by atoms with Crippen LogP contribution >= 0.6 is 11.8 Å². The molecule has 1 heterocycles. The van der Waals surface area contributed by atoms with Gasteiger partial charge < -0.3 is 4.74 Å². The molecule has 1 N–H and O–H groups in total. The summed E-state index contributed by atoms with van der Waals surface area (Å²) in [5.74, 6) is 2.24. The molecule has 3 rings (SSSR count). The number of benzene rings is 2. The van der Waals surface area contributed by atoms with Gasteiger partial charge in [0.2, 0.25) is 10.0 Å². The summed E-state index contributed by atoms with van der Waals surface area (Å²) in [5.41, 5.74) is 3.08. The molecule has 30 heavy (non-hydrogen) atoms. The maximum atomic E-state index is 11.6. The first-order valence-corrected chi connectivity index (χ1v) is 12.3. The van der Waals surface area contributed by atoms with Gasteiger partial charge >= 0.3 is 0 Å². The summed E-state index contributed by atoms with van der Waals surface area (Å²) in [6.45, 7) is 4.32. The van der Waals surface area contributed by atoms with Crippen LogP contribution in [0.4, 0.5) is 0 Å². The van der Waals surface area contributed by atoms with Gasteiger partial charge in [-0.2, -0.15) is 0 Å². The van der Waals surface area contributed by atoms with Crippen LogP contribution < -0.4 is 9.46 Å². The van der Waals surface area contributed by atoms with Gasteiger partial charge in [0.05, 0.1) is 5.75 Å².